The molecule has 110 valence electrons. The predicted molar refractivity (Wildman–Crippen MR) is 83.9 cm³/mol. The number of aromatic nitrogens is 1. The molecule has 4 nitrogen and oxygen atoms in total. The summed E-state index contributed by atoms with van der Waals surface area (Å²) in [4.78, 5) is 19.0. The van der Waals surface area contributed by atoms with Gasteiger partial charge in [0.15, 0.2) is 0 Å². The topological polar surface area (TPSA) is 42.4 Å². The second kappa shape index (κ2) is 6.26. The van der Waals surface area contributed by atoms with Gasteiger partial charge in [0.2, 0.25) is 0 Å². The van der Waals surface area contributed by atoms with Gasteiger partial charge < -0.3 is 9.64 Å². The molecule has 0 aliphatic carbocycles. The van der Waals surface area contributed by atoms with Crippen LogP contribution in [0.1, 0.15) is 21.8 Å². The smallest absolute Gasteiger partial charge is 0.350 e. The minimum atomic E-state index is -0.242. The average molecular weight is 302 g/mol. The second-order valence-electron chi connectivity index (χ2n) is 5.30. The molecule has 0 bridgehead atoms. The summed E-state index contributed by atoms with van der Waals surface area (Å²) in [5.41, 5.74) is 3.67. The van der Waals surface area contributed by atoms with Gasteiger partial charge in [0.25, 0.3) is 0 Å². The molecule has 1 saturated heterocycles. The highest BCUT2D eigenvalue weighted by atomic mass is 32.1. The van der Waals surface area contributed by atoms with E-state index < -0.39 is 0 Å². The van der Waals surface area contributed by atoms with E-state index in [0.717, 1.165) is 25.2 Å². The van der Waals surface area contributed by atoms with Crippen molar-refractivity contribution < 1.29 is 9.53 Å². The van der Waals surface area contributed by atoms with Crippen LogP contribution in [0.5, 0.6) is 0 Å². The minimum Gasteiger partial charge on any atom is -0.461 e. The van der Waals surface area contributed by atoms with E-state index in [1.165, 1.54) is 17.0 Å². The van der Waals surface area contributed by atoms with Crippen molar-refractivity contribution >= 4 is 23.0 Å². The van der Waals surface area contributed by atoms with E-state index in [1.54, 1.807) is 5.51 Å². The number of hydrogen-bond donors (Lipinski definition) is 0. The van der Waals surface area contributed by atoms with Gasteiger partial charge in [0, 0.05) is 24.7 Å². The molecule has 3 rings (SSSR count). The Kier molecular flexibility index (Phi) is 4.20. The fraction of sp³-hybridized carbons (Fsp3) is 0.375. The zero-order valence-electron chi connectivity index (χ0n) is 12.0. The Morgan fingerprint density at radius 2 is 2.24 bits per heavy atom. The summed E-state index contributed by atoms with van der Waals surface area (Å²) >= 11 is 1.34. The second-order valence-corrected chi connectivity index (χ2v) is 6.16. The van der Waals surface area contributed by atoms with Crippen molar-refractivity contribution in [1.29, 1.82) is 0 Å². The maximum absolute atomic E-state index is 12.0. The van der Waals surface area contributed by atoms with Crippen LogP contribution in [0, 0.1) is 12.8 Å². The van der Waals surface area contributed by atoms with Gasteiger partial charge in [-0.1, -0.05) is 18.2 Å². The van der Waals surface area contributed by atoms with Gasteiger partial charge in [0.1, 0.15) is 4.88 Å². The van der Waals surface area contributed by atoms with E-state index in [0.29, 0.717) is 17.4 Å². The molecule has 0 N–H and O–H groups in total. The van der Waals surface area contributed by atoms with Crippen LogP contribution in [-0.4, -0.2) is 30.6 Å². The highest BCUT2D eigenvalue weighted by molar-refractivity contribution is 7.11. The lowest BCUT2D eigenvalue weighted by Gasteiger charge is -2.18. The van der Waals surface area contributed by atoms with Gasteiger partial charge in [-0.25, -0.2) is 9.78 Å². The van der Waals surface area contributed by atoms with E-state index in [4.69, 9.17) is 4.74 Å². The SMILES string of the molecule is Cc1ncsc1C(=O)OCC1CCN(c2ccccc2)C1. The van der Waals surface area contributed by atoms with E-state index in [-0.39, 0.29) is 5.97 Å². The third kappa shape index (κ3) is 3.24. The van der Waals surface area contributed by atoms with Crippen LogP contribution in [-0.2, 0) is 4.74 Å². The molecule has 0 radical (unpaired) electrons. The number of anilines is 1. The van der Waals surface area contributed by atoms with E-state index in [1.807, 2.05) is 13.0 Å². The number of rotatable bonds is 4. The normalized spacial score (nSPS) is 18.0. The van der Waals surface area contributed by atoms with Gasteiger partial charge in [-0.15, -0.1) is 11.3 Å². The van der Waals surface area contributed by atoms with Gasteiger partial charge >= 0.3 is 5.97 Å². The maximum Gasteiger partial charge on any atom is 0.350 e. The van der Waals surface area contributed by atoms with Crippen LogP contribution < -0.4 is 4.90 Å². The first-order chi connectivity index (χ1) is 10.2. The van der Waals surface area contributed by atoms with E-state index in [9.17, 15) is 4.79 Å². The Labute approximate surface area is 128 Å². The first-order valence-corrected chi connectivity index (χ1v) is 7.99. The van der Waals surface area contributed by atoms with Crippen LogP contribution in [0.3, 0.4) is 0 Å². The summed E-state index contributed by atoms with van der Waals surface area (Å²) in [6.07, 6.45) is 1.06. The van der Waals surface area contributed by atoms with Crippen molar-refractivity contribution in [3.05, 3.63) is 46.4 Å². The van der Waals surface area contributed by atoms with Crippen molar-refractivity contribution in [2.24, 2.45) is 5.92 Å². The van der Waals surface area contributed by atoms with Crippen LogP contribution in [0.4, 0.5) is 5.69 Å². The number of carbonyl (C=O) groups is 1. The van der Waals surface area contributed by atoms with Gasteiger partial charge in [-0.3, -0.25) is 0 Å². The van der Waals surface area contributed by atoms with Crippen molar-refractivity contribution in [2.75, 3.05) is 24.6 Å². The minimum absolute atomic E-state index is 0.242. The van der Waals surface area contributed by atoms with E-state index >= 15 is 0 Å². The number of nitrogens with zero attached hydrogens (tertiary/aromatic N) is 2. The number of hydrogen-bond acceptors (Lipinski definition) is 5. The van der Waals surface area contributed by atoms with Crippen molar-refractivity contribution in [3.63, 3.8) is 0 Å². The monoisotopic (exact) mass is 302 g/mol. The lowest BCUT2D eigenvalue weighted by atomic mass is 10.1. The fourth-order valence-electron chi connectivity index (χ4n) is 2.60. The Morgan fingerprint density at radius 3 is 2.95 bits per heavy atom. The number of para-hydroxylation sites is 1. The van der Waals surface area contributed by atoms with Gasteiger partial charge in [0.05, 0.1) is 17.8 Å². The number of carbonyl (C=O) groups excluding carboxylic acids is 1. The van der Waals surface area contributed by atoms with Crippen LogP contribution >= 0.6 is 11.3 Å². The van der Waals surface area contributed by atoms with Crippen LogP contribution in [0.25, 0.3) is 0 Å². The van der Waals surface area contributed by atoms with Gasteiger partial charge in [-0.2, -0.15) is 0 Å². The molecule has 0 spiro atoms. The highest BCUT2D eigenvalue weighted by Gasteiger charge is 2.24. The Hall–Kier alpha value is -1.88. The first kappa shape index (κ1) is 14.1. The quantitative estimate of drug-likeness (QED) is 0.814. The zero-order valence-corrected chi connectivity index (χ0v) is 12.8. The summed E-state index contributed by atoms with van der Waals surface area (Å²) in [5, 5.41) is 0. The highest BCUT2D eigenvalue weighted by Crippen LogP contribution is 2.24. The number of benzene rings is 1. The molecule has 1 aromatic heterocycles. The number of thiazole rings is 1. The van der Waals surface area contributed by atoms with E-state index in [2.05, 4.69) is 34.1 Å². The molecule has 0 amide bonds. The molecule has 5 heteroatoms. The van der Waals surface area contributed by atoms with Crippen molar-refractivity contribution in [3.8, 4) is 0 Å². The molecule has 21 heavy (non-hydrogen) atoms. The molecule has 0 saturated carbocycles. The Balaban J connectivity index is 1.52. The number of aryl methyl sites for hydroxylation is 1. The summed E-state index contributed by atoms with van der Waals surface area (Å²) in [6, 6.07) is 10.4. The lowest BCUT2D eigenvalue weighted by molar-refractivity contribution is 0.0456. The molecule has 1 aliphatic rings. The standard InChI is InChI=1S/C16H18N2O2S/c1-12-15(21-11-17-12)16(19)20-10-13-7-8-18(9-13)14-5-3-2-4-6-14/h2-6,11,13H,7-10H2,1H3. The molecular formula is C16H18N2O2S. The van der Waals surface area contributed by atoms with Crippen LogP contribution in [0.2, 0.25) is 0 Å². The van der Waals surface area contributed by atoms with Gasteiger partial charge in [-0.05, 0) is 25.5 Å². The summed E-state index contributed by atoms with van der Waals surface area (Å²) in [5.74, 6) is 0.163. The molecule has 1 fully saturated rings. The summed E-state index contributed by atoms with van der Waals surface area (Å²) < 4.78 is 5.44. The molecule has 1 atom stereocenters. The average Bonchev–Trinajstić information content (AvgIpc) is 3.15. The van der Waals surface area contributed by atoms with Crippen LogP contribution in [0.15, 0.2) is 35.8 Å². The maximum atomic E-state index is 12.0. The molecule has 1 aromatic carbocycles. The molecule has 1 unspecified atom stereocenters. The third-order valence-electron chi connectivity index (χ3n) is 3.79. The third-order valence-corrected chi connectivity index (χ3v) is 4.70. The first-order valence-electron chi connectivity index (χ1n) is 7.11. The molecule has 2 heterocycles. The zero-order chi connectivity index (χ0) is 14.7. The summed E-state index contributed by atoms with van der Waals surface area (Å²) in [6.45, 7) is 4.28. The summed E-state index contributed by atoms with van der Waals surface area (Å²) in [7, 11) is 0. The molecule has 2 aromatic rings. The molecule has 1 aliphatic heterocycles. The lowest BCUT2D eigenvalue weighted by Crippen LogP contribution is -2.21. The Bertz CT molecular complexity index is 612. The largest absolute Gasteiger partial charge is 0.461 e. The van der Waals surface area contributed by atoms with Crippen molar-refractivity contribution in [2.45, 2.75) is 13.3 Å². The number of esters is 1. The predicted octanol–water partition coefficient (Wildman–Crippen LogP) is 3.13. The number of ether oxygens (including phenoxy) is 1. The fourth-order valence-corrected chi connectivity index (χ4v) is 3.29. The molecular weight excluding hydrogens is 284 g/mol. The van der Waals surface area contributed by atoms with Crippen molar-refractivity contribution in [1.82, 2.24) is 4.98 Å². The Morgan fingerprint density at radius 1 is 1.43 bits per heavy atom.